The van der Waals surface area contributed by atoms with E-state index in [-0.39, 0.29) is 0 Å². The molecule has 0 saturated carbocycles. The zero-order valence-electron chi connectivity index (χ0n) is 9.21. The van der Waals surface area contributed by atoms with Gasteiger partial charge in [0.25, 0.3) is 0 Å². The molecule has 1 saturated heterocycles. The van der Waals surface area contributed by atoms with Crippen LogP contribution in [-0.4, -0.2) is 16.5 Å². The number of pyridine rings is 1. The molecule has 1 aromatic rings. The molecule has 1 aliphatic rings. The second-order valence-corrected chi connectivity index (χ2v) is 7.87. The molecular weight excluding hydrogens is 299 g/mol. The maximum absolute atomic E-state index is 10.7. The van der Waals surface area contributed by atoms with Crippen molar-refractivity contribution in [3.63, 3.8) is 0 Å². The van der Waals surface area contributed by atoms with Gasteiger partial charge in [-0.05, 0) is 18.9 Å². The van der Waals surface area contributed by atoms with Gasteiger partial charge in [-0.1, -0.05) is 6.07 Å². The summed E-state index contributed by atoms with van der Waals surface area (Å²) in [7, 11) is -10.2. The van der Waals surface area contributed by atoms with E-state index in [9.17, 15) is 25.2 Å². The number of aromatic nitrogens is 1. The fourth-order valence-corrected chi connectivity index (χ4v) is 3.59. The molecule has 2 rings (SSSR count). The van der Waals surface area contributed by atoms with E-state index in [1.165, 1.54) is 29.4 Å². The molecule has 1 aromatic heterocycles. The first-order valence-corrected chi connectivity index (χ1v) is 8.66. The Hall–Kier alpha value is -0.490. The number of rotatable bonds is 1. The minimum Gasteiger partial charge on any atom is -0.211 e. The molecule has 0 spiro atoms. The molecule has 2 heterocycles. The molecule has 0 aliphatic carbocycles. The Morgan fingerprint density at radius 2 is 1.44 bits per heavy atom. The first kappa shape index (κ1) is 15.6. The maximum Gasteiger partial charge on any atom is 0.246 e. The molecule has 1 nitrogen and oxygen atoms in total. The molecule has 0 radical (unpaired) electrons. The molecule has 0 bridgehead atoms. The third-order valence-corrected chi connectivity index (χ3v) is 4.36. The van der Waals surface area contributed by atoms with Gasteiger partial charge >= 0.3 is 33.0 Å². The van der Waals surface area contributed by atoms with Crippen LogP contribution in [0.5, 0.6) is 0 Å². The van der Waals surface area contributed by atoms with Crippen LogP contribution in [0, 0.1) is 0 Å². The molecule has 18 heavy (non-hydrogen) atoms. The van der Waals surface area contributed by atoms with Gasteiger partial charge in [0.2, 0.25) is 5.03 Å². The first-order valence-electron chi connectivity index (χ1n) is 5.07. The average molecular weight is 311 g/mol. The largest absolute Gasteiger partial charge is 0.246 e. The van der Waals surface area contributed by atoms with Crippen molar-refractivity contribution in [2.24, 2.45) is 0 Å². The summed E-state index contributed by atoms with van der Waals surface area (Å²) in [5.41, 5.74) is 0. The third-order valence-electron chi connectivity index (χ3n) is 1.96. The van der Waals surface area contributed by atoms with Gasteiger partial charge in [-0.3, -0.25) is 0 Å². The van der Waals surface area contributed by atoms with E-state index in [0.29, 0.717) is 10.9 Å². The van der Waals surface area contributed by atoms with E-state index >= 15 is 0 Å². The van der Waals surface area contributed by atoms with Crippen LogP contribution >= 0.6 is 7.81 Å². The van der Waals surface area contributed by atoms with Crippen LogP contribution in [0.1, 0.15) is 12.8 Å². The molecule has 0 aromatic carbocycles. The van der Waals surface area contributed by atoms with Gasteiger partial charge in [0.05, 0.1) is 0 Å². The molecule has 0 amide bonds. The zero-order chi connectivity index (χ0) is 13.9. The van der Waals surface area contributed by atoms with Crippen molar-refractivity contribution in [1.82, 2.24) is 4.98 Å². The van der Waals surface area contributed by atoms with Crippen LogP contribution in [0.2, 0.25) is 0 Å². The summed E-state index contributed by atoms with van der Waals surface area (Å²) in [6.45, 7) is 0. The van der Waals surface area contributed by atoms with E-state index < -0.39 is 7.81 Å². The SMILES string of the molecule is F[P-](F)(F)(F)(F)F.c1ccc([S+]2CCCC2)nc1. The predicted octanol–water partition coefficient (Wildman–Crippen LogP) is 5.24. The van der Waals surface area contributed by atoms with E-state index in [1.807, 2.05) is 12.3 Å². The minimum absolute atomic E-state index is 0.498. The van der Waals surface area contributed by atoms with Crippen LogP contribution in [0.15, 0.2) is 29.4 Å². The Morgan fingerprint density at radius 1 is 0.944 bits per heavy atom. The van der Waals surface area contributed by atoms with Crippen molar-refractivity contribution in [2.45, 2.75) is 17.9 Å². The second kappa shape index (κ2) is 4.56. The first-order chi connectivity index (χ1) is 7.92. The van der Waals surface area contributed by atoms with Crippen molar-refractivity contribution >= 4 is 18.7 Å². The molecule has 9 heteroatoms. The molecule has 1 fully saturated rings. The van der Waals surface area contributed by atoms with Crippen LogP contribution < -0.4 is 0 Å². The standard InChI is InChI=1S/C9H12NS.F6P/c1-2-6-10-9(5-1)11-7-3-4-8-11;1-7(2,3,4,5)6/h1-2,5-6H,3-4,7-8H2;/q+1;-1. The van der Waals surface area contributed by atoms with E-state index in [1.54, 1.807) is 0 Å². The van der Waals surface area contributed by atoms with Crippen molar-refractivity contribution in [1.29, 1.82) is 0 Å². The predicted molar refractivity (Wildman–Crippen MR) is 62.4 cm³/mol. The summed E-state index contributed by atoms with van der Waals surface area (Å²) in [5, 5.41) is 1.32. The maximum atomic E-state index is 9.87. The number of hydrogen-bond donors (Lipinski definition) is 0. The van der Waals surface area contributed by atoms with Crippen molar-refractivity contribution in [2.75, 3.05) is 11.5 Å². The van der Waals surface area contributed by atoms with Crippen LogP contribution in [0.25, 0.3) is 0 Å². The Bertz CT molecular complexity index is 374. The van der Waals surface area contributed by atoms with Gasteiger partial charge in [0.15, 0.2) is 0 Å². The van der Waals surface area contributed by atoms with Crippen molar-refractivity contribution < 1.29 is 25.2 Å². The zero-order valence-corrected chi connectivity index (χ0v) is 10.9. The van der Waals surface area contributed by atoms with Gasteiger partial charge in [-0.2, -0.15) is 0 Å². The fraction of sp³-hybridized carbons (Fsp3) is 0.444. The van der Waals surface area contributed by atoms with Crippen LogP contribution in [-0.2, 0) is 10.9 Å². The van der Waals surface area contributed by atoms with Gasteiger partial charge < -0.3 is 0 Å². The summed E-state index contributed by atoms with van der Waals surface area (Å²) < 4.78 is 59.2. The topological polar surface area (TPSA) is 12.9 Å². The molecule has 106 valence electrons. The van der Waals surface area contributed by atoms with E-state index in [2.05, 4.69) is 17.1 Å². The minimum atomic E-state index is -10.7. The molecule has 0 atom stereocenters. The fourth-order valence-electron chi connectivity index (χ4n) is 1.38. The average Bonchev–Trinajstić information content (AvgIpc) is 2.67. The van der Waals surface area contributed by atoms with Crippen LogP contribution in [0.3, 0.4) is 0 Å². The third kappa shape index (κ3) is 9.53. The van der Waals surface area contributed by atoms with Gasteiger partial charge in [0.1, 0.15) is 11.5 Å². The molecule has 1 aliphatic heterocycles. The van der Waals surface area contributed by atoms with Crippen LogP contribution in [0.4, 0.5) is 25.2 Å². The normalized spacial score (nSPS) is 20.6. The smallest absolute Gasteiger partial charge is 0.211 e. The van der Waals surface area contributed by atoms with Gasteiger partial charge in [-0.25, -0.2) is 4.98 Å². The van der Waals surface area contributed by atoms with Crippen molar-refractivity contribution in [3.8, 4) is 0 Å². The number of hydrogen-bond acceptors (Lipinski definition) is 1. The summed E-state index contributed by atoms with van der Waals surface area (Å²) in [5.74, 6) is 2.74. The molecule has 0 unspecified atom stereocenters. The molecular formula is C9H12F6NPS. The Labute approximate surface area is 103 Å². The van der Waals surface area contributed by atoms with E-state index in [4.69, 9.17) is 0 Å². The van der Waals surface area contributed by atoms with Crippen molar-refractivity contribution in [3.05, 3.63) is 24.4 Å². The second-order valence-electron chi connectivity index (χ2n) is 3.73. The monoisotopic (exact) mass is 311 g/mol. The Balaban J connectivity index is 0.000000203. The van der Waals surface area contributed by atoms with Gasteiger partial charge in [0, 0.05) is 23.2 Å². The molecule has 0 N–H and O–H groups in total. The number of nitrogens with zero attached hydrogens (tertiary/aromatic N) is 1. The summed E-state index contributed by atoms with van der Waals surface area (Å²) >= 11 is 0. The number of halogens is 6. The summed E-state index contributed by atoms with van der Waals surface area (Å²) in [6, 6.07) is 6.24. The Kier molecular flexibility index (Phi) is 3.94. The summed E-state index contributed by atoms with van der Waals surface area (Å²) in [6.07, 6.45) is 4.71. The summed E-state index contributed by atoms with van der Waals surface area (Å²) in [4.78, 5) is 4.37. The quantitative estimate of drug-likeness (QED) is 0.393. The van der Waals surface area contributed by atoms with Gasteiger partial charge in [-0.15, -0.1) is 0 Å². The van der Waals surface area contributed by atoms with E-state index in [0.717, 1.165) is 0 Å². The Morgan fingerprint density at radius 3 is 1.83 bits per heavy atom.